The molecule has 0 radical (unpaired) electrons. The van der Waals surface area contributed by atoms with Crippen molar-refractivity contribution in [2.24, 2.45) is 5.73 Å². The van der Waals surface area contributed by atoms with Gasteiger partial charge >= 0.3 is 0 Å². The first-order valence-corrected chi connectivity index (χ1v) is 5.53. The van der Waals surface area contributed by atoms with Crippen molar-refractivity contribution in [2.75, 3.05) is 6.54 Å². The molecule has 0 aliphatic heterocycles. The number of hydrogen-bond donors (Lipinski definition) is 1. The summed E-state index contributed by atoms with van der Waals surface area (Å²) in [5.74, 6) is 0.321. The number of rotatable bonds is 6. The highest BCUT2D eigenvalue weighted by Crippen LogP contribution is 2.27. The van der Waals surface area contributed by atoms with Crippen molar-refractivity contribution in [1.82, 2.24) is 0 Å². The van der Waals surface area contributed by atoms with Gasteiger partial charge in [0.2, 0.25) is 0 Å². The lowest BCUT2D eigenvalue weighted by atomic mass is 9.88. The Hall–Kier alpha value is -1.60. The number of benzene rings is 1. The van der Waals surface area contributed by atoms with Gasteiger partial charge in [-0.2, -0.15) is 0 Å². The lowest BCUT2D eigenvalue weighted by molar-refractivity contribution is 0.725. The molecule has 1 atom stereocenters. The van der Waals surface area contributed by atoms with Crippen LogP contribution in [0.15, 0.2) is 67.3 Å². The van der Waals surface area contributed by atoms with E-state index in [2.05, 4.69) is 25.3 Å². The molecule has 0 saturated heterocycles. The fraction of sp³-hybridized carbons (Fsp3) is 0.200. The van der Waals surface area contributed by atoms with Crippen molar-refractivity contribution in [3.8, 4) is 0 Å². The van der Waals surface area contributed by atoms with Crippen molar-refractivity contribution in [3.05, 3.63) is 72.9 Å². The minimum Gasteiger partial charge on any atom is -0.330 e. The fourth-order valence-corrected chi connectivity index (χ4v) is 1.84. The number of allylic oxidation sites excluding steroid dienone is 4. The Morgan fingerprint density at radius 1 is 1.25 bits per heavy atom. The van der Waals surface area contributed by atoms with E-state index in [9.17, 15) is 0 Å². The Morgan fingerprint density at radius 3 is 2.44 bits per heavy atom. The van der Waals surface area contributed by atoms with Crippen LogP contribution in [0, 0.1) is 0 Å². The summed E-state index contributed by atoms with van der Waals surface area (Å²) in [4.78, 5) is 0. The molecule has 84 valence electrons. The maximum absolute atomic E-state index is 5.67. The molecule has 0 aromatic heterocycles. The van der Waals surface area contributed by atoms with Crippen LogP contribution < -0.4 is 5.73 Å². The lowest BCUT2D eigenvalue weighted by Gasteiger charge is -2.17. The molecule has 1 rings (SSSR count). The zero-order valence-corrected chi connectivity index (χ0v) is 9.60. The summed E-state index contributed by atoms with van der Waals surface area (Å²) in [7, 11) is 0. The van der Waals surface area contributed by atoms with E-state index in [-0.39, 0.29) is 0 Å². The van der Waals surface area contributed by atoms with Crippen molar-refractivity contribution in [3.63, 3.8) is 0 Å². The van der Waals surface area contributed by atoms with E-state index in [1.165, 1.54) is 11.1 Å². The van der Waals surface area contributed by atoms with Gasteiger partial charge in [-0.3, -0.25) is 0 Å². The van der Waals surface area contributed by atoms with Crippen LogP contribution in [-0.4, -0.2) is 6.54 Å². The third-order valence-corrected chi connectivity index (χ3v) is 2.61. The van der Waals surface area contributed by atoms with Gasteiger partial charge in [0.05, 0.1) is 0 Å². The SMILES string of the molecule is C=C/C=C(\C=C)C(CCN)c1ccccc1. The summed E-state index contributed by atoms with van der Waals surface area (Å²) >= 11 is 0. The second-order valence-electron chi connectivity index (χ2n) is 3.65. The zero-order valence-electron chi connectivity index (χ0n) is 9.60. The van der Waals surface area contributed by atoms with E-state index in [1.54, 1.807) is 6.08 Å². The summed E-state index contributed by atoms with van der Waals surface area (Å²) < 4.78 is 0. The van der Waals surface area contributed by atoms with Gasteiger partial charge in [-0.25, -0.2) is 0 Å². The van der Waals surface area contributed by atoms with Gasteiger partial charge in [-0.1, -0.05) is 61.7 Å². The molecule has 0 spiro atoms. The summed E-state index contributed by atoms with van der Waals surface area (Å²) in [6, 6.07) is 10.4. The van der Waals surface area contributed by atoms with Crippen LogP contribution in [-0.2, 0) is 0 Å². The summed E-state index contributed by atoms with van der Waals surface area (Å²) in [6.07, 6.45) is 6.61. The second-order valence-corrected chi connectivity index (χ2v) is 3.65. The van der Waals surface area contributed by atoms with Crippen LogP contribution in [0.4, 0.5) is 0 Å². The van der Waals surface area contributed by atoms with E-state index in [0.29, 0.717) is 12.5 Å². The largest absolute Gasteiger partial charge is 0.330 e. The Kier molecular flexibility index (Phi) is 5.30. The van der Waals surface area contributed by atoms with Crippen LogP contribution in [0.3, 0.4) is 0 Å². The molecule has 1 unspecified atom stereocenters. The zero-order chi connectivity index (χ0) is 11.8. The number of hydrogen-bond acceptors (Lipinski definition) is 1. The molecule has 1 aromatic rings. The average molecular weight is 213 g/mol. The minimum absolute atomic E-state index is 0.321. The average Bonchev–Trinajstić information content (AvgIpc) is 2.35. The maximum Gasteiger partial charge on any atom is 0.0101 e. The first-order valence-electron chi connectivity index (χ1n) is 5.53. The topological polar surface area (TPSA) is 26.0 Å². The quantitative estimate of drug-likeness (QED) is 0.720. The van der Waals surface area contributed by atoms with Crippen molar-refractivity contribution in [1.29, 1.82) is 0 Å². The van der Waals surface area contributed by atoms with Crippen molar-refractivity contribution in [2.45, 2.75) is 12.3 Å². The molecule has 0 fully saturated rings. The Labute approximate surface area is 98.0 Å². The summed E-state index contributed by atoms with van der Waals surface area (Å²) in [5, 5.41) is 0. The van der Waals surface area contributed by atoms with Gasteiger partial charge in [0, 0.05) is 5.92 Å². The molecule has 0 amide bonds. The highest BCUT2D eigenvalue weighted by atomic mass is 14.5. The highest BCUT2D eigenvalue weighted by Gasteiger charge is 2.12. The lowest BCUT2D eigenvalue weighted by Crippen LogP contribution is -2.09. The molecule has 0 saturated carbocycles. The Morgan fingerprint density at radius 2 is 1.94 bits per heavy atom. The molecule has 0 aliphatic carbocycles. The molecule has 1 nitrogen and oxygen atoms in total. The van der Waals surface area contributed by atoms with Crippen molar-refractivity contribution >= 4 is 0 Å². The standard InChI is InChI=1S/C15H19N/c1-3-8-13(4-2)15(11-12-16)14-9-6-5-7-10-14/h3-10,15H,1-2,11-12,16H2/b13-8+. The van der Waals surface area contributed by atoms with Gasteiger partial charge < -0.3 is 5.73 Å². The predicted octanol–water partition coefficient (Wildman–Crippen LogP) is 3.42. The van der Waals surface area contributed by atoms with Crippen LogP contribution in [0.25, 0.3) is 0 Å². The van der Waals surface area contributed by atoms with Crippen LogP contribution in [0.2, 0.25) is 0 Å². The first kappa shape index (κ1) is 12.5. The summed E-state index contributed by atoms with van der Waals surface area (Å²) in [5.41, 5.74) is 8.12. The van der Waals surface area contributed by atoms with Gasteiger partial charge in [-0.15, -0.1) is 0 Å². The van der Waals surface area contributed by atoms with E-state index in [1.807, 2.05) is 30.4 Å². The van der Waals surface area contributed by atoms with Gasteiger partial charge in [-0.05, 0) is 24.1 Å². The normalized spacial score (nSPS) is 13.2. The van der Waals surface area contributed by atoms with Crippen LogP contribution >= 0.6 is 0 Å². The molecular weight excluding hydrogens is 194 g/mol. The van der Waals surface area contributed by atoms with Gasteiger partial charge in [0.25, 0.3) is 0 Å². The summed E-state index contributed by atoms with van der Waals surface area (Å²) in [6.45, 7) is 8.25. The highest BCUT2D eigenvalue weighted by molar-refractivity contribution is 5.36. The monoisotopic (exact) mass is 213 g/mol. The second kappa shape index (κ2) is 6.81. The van der Waals surface area contributed by atoms with Gasteiger partial charge in [0.1, 0.15) is 0 Å². The smallest absolute Gasteiger partial charge is 0.0101 e. The fourth-order valence-electron chi connectivity index (χ4n) is 1.84. The van der Waals surface area contributed by atoms with E-state index in [0.717, 1.165) is 6.42 Å². The van der Waals surface area contributed by atoms with E-state index >= 15 is 0 Å². The molecule has 0 aliphatic rings. The van der Waals surface area contributed by atoms with E-state index in [4.69, 9.17) is 5.73 Å². The molecule has 1 aromatic carbocycles. The molecule has 16 heavy (non-hydrogen) atoms. The number of nitrogens with two attached hydrogens (primary N) is 1. The molecule has 0 bridgehead atoms. The van der Waals surface area contributed by atoms with Gasteiger partial charge in [0.15, 0.2) is 0 Å². The third kappa shape index (κ3) is 3.21. The molecule has 0 heterocycles. The maximum atomic E-state index is 5.67. The molecule has 1 heteroatoms. The Balaban J connectivity index is 3.03. The Bertz CT molecular complexity index is 362. The van der Waals surface area contributed by atoms with Crippen molar-refractivity contribution < 1.29 is 0 Å². The third-order valence-electron chi connectivity index (χ3n) is 2.61. The van der Waals surface area contributed by atoms with Crippen LogP contribution in [0.5, 0.6) is 0 Å². The van der Waals surface area contributed by atoms with Crippen LogP contribution in [0.1, 0.15) is 17.9 Å². The molecular formula is C15H19N. The molecule has 2 N–H and O–H groups in total. The predicted molar refractivity (Wildman–Crippen MR) is 71.3 cm³/mol. The minimum atomic E-state index is 0.321. The first-order chi connectivity index (χ1) is 7.83. The van der Waals surface area contributed by atoms with E-state index < -0.39 is 0 Å².